The number of pyridine rings is 1. The summed E-state index contributed by atoms with van der Waals surface area (Å²) in [4.78, 5) is 7.69. The molecule has 0 saturated heterocycles. The van der Waals surface area contributed by atoms with Gasteiger partial charge in [0.05, 0.1) is 6.61 Å². The number of fused-ring (bicyclic) bond motifs is 2. The maximum atomic E-state index is 5.40. The predicted molar refractivity (Wildman–Crippen MR) is 74.1 cm³/mol. The van der Waals surface area contributed by atoms with Crippen molar-refractivity contribution < 1.29 is 4.74 Å². The van der Waals surface area contributed by atoms with Crippen LogP contribution in [0.25, 0.3) is 22.4 Å². The Balaban J connectivity index is 1.87. The van der Waals surface area contributed by atoms with Gasteiger partial charge in [0, 0.05) is 29.9 Å². The third-order valence-electron chi connectivity index (χ3n) is 3.77. The van der Waals surface area contributed by atoms with Gasteiger partial charge in [-0.3, -0.25) is 0 Å². The van der Waals surface area contributed by atoms with E-state index in [9.17, 15) is 0 Å². The molecule has 0 fully saturated rings. The standard InChI is InChI=1S/C14H15N5O/c1-2-9-6-15-13-11(9)5-10(7-16-13)14-18-17-12-8-20-4-3-19(12)14/h5-7H,2-4,8H2,1H3,(H,15,16). The first-order valence-electron chi connectivity index (χ1n) is 6.83. The zero-order valence-corrected chi connectivity index (χ0v) is 11.3. The summed E-state index contributed by atoms with van der Waals surface area (Å²) in [5.74, 6) is 1.76. The molecule has 0 radical (unpaired) electrons. The van der Waals surface area contributed by atoms with E-state index in [1.165, 1.54) is 5.56 Å². The molecular weight excluding hydrogens is 254 g/mol. The van der Waals surface area contributed by atoms with Crippen LogP contribution < -0.4 is 0 Å². The van der Waals surface area contributed by atoms with E-state index in [0.717, 1.165) is 41.2 Å². The Morgan fingerprint density at radius 2 is 2.35 bits per heavy atom. The average molecular weight is 269 g/mol. The summed E-state index contributed by atoms with van der Waals surface area (Å²) in [6, 6.07) is 2.14. The summed E-state index contributed by atoms with van der Waals surface area (Å²) >= 11 is 0. The van der Waals surface area contributed by atoms with Crippen LogP contribution in [0.15, 0.2) is 18.5 Å². The zero-order chi connectivity index (χ0) is 13.5. The number of aromatic amines is 1. The van der Waals surface area contributed by atoms with Gasteiger partial charge in [-0.05, 0) is 18.1 Å². The number of nitrogens with zero attached hydrogens (tertiary/aromatic N) is 4. The van der Waals surface area contributed by atoms with Gasteiger partial charge in [-0.25, -0.2) is 4.98 Å². The van der Waals surface area contributed by atoms with Crippen LogP contribution in [-0.2, 0) is 24.3 Å². The molecule has 3 aromatic heterocycles. The van der Waals surface area contributed by atoms with Crippen LogP contribution in [-0.4, -0.2) is 31.3 Å². The fourth-order valence-electron chi connectivity index (χ4n) is 2.68. The van der Waals surface area contributed by atoms with E-state index in [1.54, 1.807) is 0 Å². The molecule has 4 rings (SSSR count). The Hall–Kier alpha value is -2.21. The first-order valence-corrected chi connectivity index (χ1v) is 6.83. The molecule has 6 heteroatoms. The third kappa shape index (κ3) is 1.65. The van der Waals surface area contributed by atoms with E-state index in [-0.39, 0.29) is 0 Å². The number of hydrogen-bond acceptors (Lipinski definition) is 4. The smallest absolute Gasteiger partial charge is 0.165 e. The second-order valence-electron chi connectivity index (χ2n) is 4.93. The molecular formula is C14H15N5O. The van der Waals surface area contributed by atoms with E-state index < -0.39 is 0 Å². The van der Waals surface area contributed by atoms with Crippen LogP contribution in [0, 0.1) is 0 Å². The second kappa shape index (κ2) is 4.42. The molecule has 0 atom stereocenters. The van der Waals surface area contributed by atoms with Crippen LogP contribution in [0.2, 0.25) is 0 Å². The average Bonchev–Trinajstić information content (AvgIpc) is 3.10. The van der Waals surface area contributed by atoms with Gasteiger partial charge in [0.25, 0.3) is 0 Å². The van der Waals surface area contributed by atoms with Crippen LogP contribution in [0.4, 0.5) is 0 Å². The second-order valence-corrected chi connectivity index (χ2v) is 4.93. The number of ether oxygens (including phenoxy) is 1. The van der Waals surface area contributed by atoms with Crippen molar-refractivity contribution in [3.8, 4) is 11.4 Å². The molecule has 3 aromatic rings. The molecule has 0 amide bonds. The van der Waals surface area contributed by atoms with Crippen LogP contribution >= 0.6 is 0 Å². The fourth-order valence-corrected chi connectivity index (χ4v) is 2.68. The van der Waals surface area contributed by atoms with Gasteiger partial charge < -0.3 is 14.3 Å². The van der Waals surface area contributed by atoms with E-state index in [4.69, 9.17) is 4.74 Å². The van der Waals surface area contributed by atoms with Gasteiger partial charge in [-0.2, -0.15) is 0 Å². The summed E-state index contributed by atoms with van der Waals surface area (Å²) in [5, 5.41) is 9.65. The number of H-pyrrole nitrogens is 1. The van der Waals surface area contributed by atoms with Crippen LogP contribution in [0.3, 0.4) is 0 Å². The normalized spacial score (nSPS) is 14.7. The van der Waals surface area contributed by atoms with Crippen molar-refractivity contribution in [3.63, 3.8) is 0 Å². The SMILES string of the molecule is CCc1c[nH]c2ncc(-c3nnc4n3CCOC4)cc12. The maximum absolute atomic E-state index is 5.40. The van der Waals surface area contributed by atoms with Gasteiger partial charge in [0.1, 0.15) is 12.3 Å². The molecule has 1 aliphatic heterocycles. The van der Waals surface area contributed by atoms with Crippen molar-refractivity contribution >= 4 is 11.0 Å². The van der Waals surface area contributed by atoms with Crippen LogP contribution in [0.1, 0.15) is 18.3 Å². The minimum Gasteiger partial charge on any atom is -0.372 e. The Labute approximate surface area is 115 Å². The quantitative estimate of drug-likeness (QED) is 0.771. The van der Waals surface area contributed by atoms with Crippen LogP contribution in [0.5, 0.6) is 0 Å². The monoisotopic (exact) mass is 269 g/mol. The lowest BCUT2D eigenvalue weighted by molar-refractivity contribution is 0.0821. The van der Waals surface area contributed by atoms with Gasteiger partial charge in [0.2, 0.25) is 0 Å². The van der Waals surface area contributed by atoms with Gasteiger partial charge in [0.15, 0.2) is 11.6 Å². The lowest BCUT2D eigenvalue weighted by Crippen LogP contribution is -2.17. The third-order valence-corrected chi connectivity index (χ3v) is 3.77. The molecule has 6 nitrogen and oxygen atoms in total. The predicted octanol–water partition coefficient (Wildman–Crippen LogP) is 1.91. The van der Waals surface area contributed by atoms with E-state index in [1.807, 2.05) is 12.4 Å². The Morgan fingerprint density at radius 1 is 1.40 bits per heavy atom. The Morgan fingerprint density at radius 3 is 3.25 bits per heavy atom. The highest BCUT2D eigenvalue weighted by Crippen LogP contribution is 2.25. The fraction of sp³-hybridized carbons (Fsp3) is 0.357. The molecule has 1 aliphatic rings. The van der Waals surface area contributed by atoms with Gasteiger partial charge in [-0.1, -0.05) is 6.92 Å². The van der Waals surface area contributed by atoms with Crippen molar-refractivity contribution in [2.45, 2.75) is 26.5 Å². The van der Waals surface area contributed by atoms with Gasteiger partial charge in [-0.15, -0.1) is 10.2 Å². The molecule has 0 bridgehead atoms. The minimum atomic E-state index is 0.535. The molecule has 0 aliphatic carbocycles. The molecule has 4 heterocycles. The lowest BCUT2D eigenvalue weighted by Gasteiger charge is -2.15. The highest BCUT2D eigenvalue weighted by Gasteiger charge is 2.18. The summed E-state index contributed by atoms with van der Waals surface area (Å²) in [7, 11) is 0. The Kier molecular flexibility index (Phi) is 2.56. The van der Waals surface area contributed by atoms with Crippen molar-refractivity contribution in [2.75, 3.05) is 6.61 Å². The molecule has 0 spiro atoms. The molecule has 0 unspecified atom stereocenters. The summed E-state index contributed by atoms with van der Waals surface area (Å²) < 4.78 is 7.51. The highest BCUT2D eigenvalue weighted by atomic mass is 16.5. The number of hydrogen-bond donors (Lipinski definition) is 1. The van der Waals surface area contributed by atoms with Crippen molar-refractivity contribution in [3.05, 3.63) is 29.8 Å². The molecule has 102 valence electrons. The molecule has 0 aromatic carbocycles. The van der Waals surface area contributed by atoms with Gasteiger partial charge >= 0.3 is 0 Å². The van der Waals surface area contributed by atoms with Crippen molar-refractivity contribution in [1.82, 2.24) is 24.7 Å². The highest BCUT2D eigenvalue weighted by molar-refractivity contribution is 5.83. The molecule has 1 N–H and O–H groups in total. The van der Waals surface area contributed by atoms with Crippen molar-refractivity contribution in [2.24, 2.45) is 0 Å². The topological polar surface area (TPSA) is 68.6 Å². The number of aryl methyl sites for hydroxylation is 1. The number of nitrogens with one attached hydrogen (secondary N) is 1. The summed E-state index contributed by atoms with van der Waals surface area (Å²) in [6.45, 7) is 4.18. The van der Waals surface area contributed by atoms with E-state index in [0.29, 0.717) is 13.2 Å². The maximum Gasteiger partial charge on any atom is 0.165 e. The lowest BCUT2D eigenvalue weighted by atomic mass is 10.1. The summed E-state index contributed by atoms with van der Waals surface area (Å²) in [5.41, 5.74) is 3.20. The minimum absolute atomic E-state index is 0.535. The van der Waals surface area contributed by atoms with E-state index >= 15 is 0 Å². The van der Waals surface area contributed by atoms with E-state index in [2.05, 4.69) is 37.7 Å². The largest absolute Gasteiger partial charge is 0.372 e. The number of aromatic nitrogens is 5. The Bertz CT molecular complexity index is 773. The first-order chi connectivity index (χ1) is 9.86. The summed E-state index contributed by atoms with van der Waals surface area (Å²) in [6.07, 6.45) is 4.86. The molecule has 20 heavy (non-hydrogen) atoms. The zero-order valence-electron chi connectivity index (χ0n) is 11.3. The molecule has 0 saturated carbocycles. The first kappa shape index (κ1) is 11.6. The number of rotatable bonds is 2. The van der Waals surface area contributed by atoms with Crippen molar-refractivity contribution in [1.29, 1.82) is 0 Å².